The van der Waals surface area contributed by atoms with E-state index in [0.717, 1.165) is 15.5 Å². The van der Waals surface area contributed by atoms with Gasteiger partial charge in [-0.2, -0.15) is 4.31 Å². The van der Waals surface area contributed by atoms with E-state index in [1.165, 1.54) is 34.0 Å². The number of aliphatic carboxylic acids is 1. The molecule has 1 N–H and O–H groups in total. The smallest absolute Gasteiger partial charge is 0.416 e. The molecule has 0 aliphatic rings. The van der Waals surface area contributed by atoms with Crippen molar-refractivity contribution in [3.8, 4) is 10.6 Å². The molecule has 4 rings (SSSR count). The Morgan fingerprint density at radius 2 is 1.65 bits per heavy atom. The van der Waals surface area contributed by atoms with Gasteiger partial charge < -0.3 is 9.84 Å². The van der Waals surface area contributed by atoms with Crippen LogP contribution >= 0.6 is 22.9 Å². The molecular formula is C32H36ClN5O6S2. The number of benzene rings is 1. The highest BCUT2D eigenvalue weighted by Gasteiger charge is 2.42. The summed E-state index contributed by atoms with van der Waals surface area (Å²) < 4.78 is 35.2. The number of carboxylic acids is 1. The van der Waals surface area contributed by atoms with E-state index in [0.29, 0.717) is 9.90 Å². The molecule has 1 unspecified atom stereocenters. The van der Waals surface area contributed by atoms with Crippen molar-refractivity contribution in [2.45, 2.75) is 71.3 Å². The van der Waals surface area contributed by atoms with Crippen LogP contribution in [0.25, 0.3) is 10.6 Å². The van der Waals surface area contributed by atoms with Crippen LogP contribution in [0.3, 0.4) is 0 Å². The molecule has 0 radical (unpaired) electrons. The van der Waals surface area contributed by atoms with Gasteiger partial charge in [-0.15, -0.1) is 11.3 Å². The SMILES string of the molecule is CC(C)(C)OC(=O)N(c1cccc(CN(Cc2ccc(-c3ncc(Cl)s3)cc2)S(=O)(=O)c2ccccn2)n1)C(C(=O)O)C(C)(C)C. The van der Waals surface area contributed by atoms with E-state index >= 15 is 0 Å². The predicted octanol–water partition coefficient (Wildman–Crippen LogP) is 6.89. The van der Waals surface area contributed by atoms with Crippen molar-refractivity contribution >= 4 is 50.8 Å². The fraction of sp³-hybridized carbons (Fsp3) is 0.344. The van der Waals surface area contributed by atoms with Crippen LogP contribution in [0.5, 0.6) is 0 Å². The van der Waals surface area contributed by atoms with Gasteiger partial charge in [0.15, 0.2) is 5.03 Å². The number of amides is 1. The molecule has 3 heterocycles. The average molecular weight is 686 g/mol. The number of carbonyl (C=O) groups excluding carboxylic acids is 1. The van der Waals surface area contributed by atoms with Gasteiger partial charge in [0.2, 0.25) is 0 Å². The van der Waals surface area contributed by atoms with Crippen LogP contribution in [0.2, 0.25) is 4.34 Å². The number of sulfonamides is 1. The molecule has 3 aromatic heterocycles. The summed E-state index contributed by atoms with van der Waals surface area (Å²) in [7, 11) is -4.13. The number of ether oxygens (including phenoxy) is 1. The Bertz CT molecular complexity index is 1790. The molecule has 1 atom stereocenters. The third-order valence-electron chi connectivity index (χ3n) is 6.56. The Hall–Kier alpha value is -3.91. The van der Waals surface area contributed by atoms with E-state index in [2.05, 4.69) is 15.0 Å². The molecule has 1 aromatic carbocycles. The zero-order valence-electron chi connectivity index (χ0n) is 26.3. The number of rotatable bonds is 10. The van der Waals surface area contributed by atoms with Crippen LogP contribution in [0.1, 0.15) is 52.8 Å². The van der Waals surface area contributed by atoms with Gasteiger partial charge in [-0.05, 0) is 56.0 Å². The predicted molar refractivity (Wildman–Crippen MR) is 177 cm³/mol. The Kier molecular flexibility index (Phi) is 10.5. The van der Waals surface area contributed by atoms with Crippen LogP contribution in [0.15, 0.2) is 78.1 Å². The second-order valence-electron chi connectivity index (χ2n) is 12.6. The number of halogens is 1. The molecule has 0 saturated carbocycles. The molecule has 4 aromatic rings. The van der Waals surface area contributed by atoms with Crippen LogP contribution < -0.4 is 4.90 Å². The second kappa shape index (κ2) is 13.8. The Balaban J connectivity index is 1.74. The van der Waals surface area contributed by atoms with Crippen LogP contribution in [-0.4, -0.2) is 56.5 Å². The lowest BCUT2D eigenvalue weighted by Crippen LogP contribution is -2.54. The average Bonchev–Trinajstić information content (AvgIpc) is 3.40. The zero-order valence-corrected chi connectivity index (χ0v) is 28.7. The first kappa shape index (κ1) is 35.0. The summed E-state index contributed by atoms with van der Waals surface area (Å²) in [5.74, 6) is -1.23. The number of thiazole rings is 1. The molecule has 0 saturated heterocycles. The van der Waals surface area contributed by atoms with Gasteiger partial charge in [-0.25, -0.2) is 37.9 Å². The number of aromatic nitrogens is 3. The van der Waals surface area contributed by atoms with Crippen molar-refractivity contribution in [1.82, 2.24) is 19.3 Å². The van der Waals surface area contributed by atoms with Crippen molar-refractivity contribution in [1.29, 1.82) is 0 Å². The molecule has 1 amide bonds. The molecule has 11 nitrogen and oxygen atoms in total. The number of carbonyl (C=O) groups is 2. The lowest BCUT2D eigenvalue weighted by atomic mass is 9.85. The maximum absolute atomic E-state index is 13.9. The number of hydrogen-bond donors (Lipinski definition) is 1. The van der Waals surface area contributed by atoms with Crippen molar-refractivity contribution in [3.63, 3.8) is 0 Å². The Morgan fingerprint density at radius 3 is 2.20 bits per heavy atom. The fourth-order valence-corrected chi connectivity index (χ4v) is 6.83. The summed E-state index contributed by atoms with van der Waals surface area (Å²) in [5, 5.41) is 10.8. The molecule has 0 bridgehead atoms. The highest BCUT2D eigenvalue weighted by atomic mass is 35.5. The van der Waals surface area contributed by atoms with Gasteiger partial charge in [-0.1, -0.05) is 68.8 Å². The maximum atomic E-state index is 13.9. The topological polar surface area (TPSA) is 143 Å². The van der Waals surface area contributed by atoms with Gasteiger partial charge in [0.25, 0.3) is 10.0 Å². The molecule has 244 valence electrons. The Labute approximate surface area is 277 Å². The molecule has 14 heteroatoms. The molecule has 0 aliphatic heterocycles. The quantitative estimate of drug-likeness (QED) is 0.189. The van der Waals surface area contributed by atoms with Crippen molar-refractivity contribution < 1.29 is 27.9 Å². The summed E-state index contributed by atoms with van der Waals surface area (Å²) >= 11 is 7.38. The highest BCUT2D eigenvalue weighted by Crippen LogP contribution is 2.31. The lowest BCUT2D eigenvalue weighted by molar-refractivity contribution is -0.141. The standard InChI is InChI=1S/C32H36ClN5O6S2/c1-31(2,3)27(29(39)40)38(30(41)44-32(4,5)6)25-11-9-10-23(36-25)20-37(46(42,43)26-12-7-8-17-34-26)19-21-13-15-22(16-14-21)28-35-18-24(33)45-28/h7-18,27H,19-20H2,1-6H3,(H,39,40). The van der Waals surface area contributed by atoms with Crippen LogP contribution in [0, 0.1) is 5.41 Å². The maximum Gasteiger partial charge on any atom is 0.416 e. The fourth-order valence-electron chi connectivity index (χ4n) is 4.58. The van der Waals surface area contributed by atoms with Crippen LogP contribution in [-0.2, 0) is 32.6 Å². The summed E-state index contributed by atoms with van der Waals surface area (Å²) in [4.78, 5) is 40.0. The number of pyridine rings is 2. The van der Waals surface area contributed by atoms with Gasteiger partial charge >= 0.3 is 12.1 Å². The van der Waals surface area contributed by atoms with Gasteiger partial charge in [0, 0.05) is 18.3 Å². The third kappa shape index (κ3) is 8.66. The minimum Gasteiger partial charge on any atom is -0.480 e. The summed E-state index contributed by atoms with van der Waals surface area (Å²) in [6, 6.07) is 15.3. The highest BCUT2D eigenvalue weighted by molar-refractivity contribution is 7.89. The molecule has 46 heavy (non-hydrogen) atoms. The van der Waals surface area contributed by atoms with Crippen LogP contribution in [0.4, 0.5) is 10.6 Å². The van der Waals surface area contributed by atoms with E-state index in [-0.39, 0.29) is 29.6 Å². The zero-order chi connectivity index (χ0) is 33.9. The number of hydrogen-bond acceptors (Lipinski definition) is 9. The van der Waals surface area contributed by atoms with E-state index in [1.54, 1.807) is 84.1 Å². The van der Waals surface area contributed by atoms with Crippen molar-refractivity contribution in [2.75, 3.05) is 4.90 Å². The number of anilines is 1. The Morgan fingerprint density at radius 1 is 0.957 bits per heavy atom. The second-order valence-corrected chi connectivity index (χ2v) is 16.1. The number of nitrogens with zero attached hydrogens (tertiary/aromatic N) is 5. The molecule has 0 spiro atoms. The van der Waals surface area contributed by atoms with Crippen molar-refractivity contribution in [2.24, 2.45) is 5.41 Å². The largest absolute Gasteiger partial charge is 0.480 e. The normalized spacial score (nSPS) is 13.0. The summed E-state index contributed by atoms with van der Waals surface area (Å²) in [6.45, 7) is 9.90. The minimum absolute atomic E-state index is 0.00993. The number of carboxylic acid groups (broad SMARTS) is 1. The van der Waals surface area contributed by atoms with Crippen molar-refractivity contribution in [3.05, 3.63) is 88.7 Å². The van der Waals surface area contributed by atoms with E-state index in [1.807, 2.05) is 12.1 Å². The molecule has 0 fully saturated rings. The summed E-state index contributed by atoms with van der Waals surface area (Å²) in [6.07, 6.45) is 2.08. The third-order valence-corrected chi connectivity index (χ3v) is 9.43. The molecular weight excluding hydrogens is 650 g/mol. The van der Waals surface area contributed by atoms with E-state index < -0.39 is 39.1 Å². The van der Waals surface area contributed by atoms with E-state index in [9.17, 15) is 23.1 Å². The molecule has 0 aliphatic carbocycles. The van der Waals surface area contributed by atoms with E-state index in [4.69, 9.17) is 16.3 Å². The lowest BCUT2D eigenvalue weighted by Gasteiger charge is -2.37. The van der Waals surface area contributed by atoms with Gasteiger partial charge in [0.05, 0.1) is 18.4 Å². The first-order valence-electron chi connectivity index (χ1n) is 14.3. The summed E-state index contributed by atoms with van der Waals surface area (Å²) in [5.41, 5.74) is -0.0229. The van der Waals surface area contributed by atoms with Gasteiger partial charge in [0.1, 0.15) is 26.8 Å². The minimum atomic E-state index is -4.13. The first-order valence-corrected chi connectivity index (χ1v) is 16.9. The van der Waals surface area contributed by atoms with Gasteiger partial charge in [-0.3, -0.25) is 0 Å². The first-order chi connectivity index (χ1) is 21.5. The monoisotopic (exact) mass is 685 g/mol.